The van der Waals surface area contributed by atoms with Gasteiger partial charge >= 0.3 is 18.9 Å². The number of rotatable bonds is 10. The minimum absolute atomic E-state index is 0. The van der Waals surface area contributed by atoms with Crippen molar-refractivity contribution < 1.29 is 31.8 Å². The van der Waals surface area contributed by atoms with Crippen LogP contribution in [0.3, 0.4) is 0 Å². The van der Waals surface area contributed by atoms with Gasteiger partial charge in [0.2, 0.25) is 0 Å². The summed E-state index contributed by atoms with van der Waals surface area (Å²) in [5.41, 5.74) is 0.661. The Morgan fingerprint density at radius 3 is 2.00 bits per heavy atom. The molecular weight excluding hydrogens is 279 g/mol. The summed E-state index contributed by atoms with van der Waals surface area (Å²) in [5.74, 6) is 0. The van der Waals surface area contributed by atoms with Crippen LogP contribution in [-0.4, -0.2) is 13.0 Å². The van der Waals surface area contributed by atoms with Crippen molar-refractivity contribution in [2.75, 3.05) is 0 Å². The summed E-state index contributed by atoms with van der Waals surface area (Å²) in [7, 11) is -4.34. The maximum absolute atomic E-state index is 11.1. The summed E-state index contributed by atoms with van der Waals surface area (Å²) >= 11 is 0. The molecule has 0 aliphatic carbocycles. The molecule has 1 rings (SSSR count). The van der Waals surface area contributed by atoms with Gasteiger partial charge in [-0.2, -0.15) is 0 Å². The topological polar surface area (TPSA) is 57.2 Å². The fourth-order valence-corrected chi connectivity index (χ4v) is 3.14. The molecule has 0 saturated carbocycles. The van der Waals surface area contributed by atoms with Gasteiger partial charge in [0.05, 0.1) is 4.90 Å². The summed E-state index contributed by atoms with van der Waals surface area (Å²) in [4.78, 5) is -0.0528. The van der Waals surface area contributed by atoms with Crippen molar-refractivity contribution in [3.8, 4) is 0 Å². The first-order valence-corrected chi connectivity index (χ1v) is 9.00. The molecule has 0 aromatic heterocycles. The second-order valence-corrected chi connectivity index (χ2v) is 6.63. The molecule has 0 aliphatic rings. The van der Waals surface area contributed by atoms with Crippen LogP contribution in [0.5, 0.6) is 0 Å². The van der Waals surface area contributed by atoms with Gasteiger partial charge < -0.3 is 4.55 Å². The molecule has 0 heterocycles. The van der Waals surface area contributed by atoms with Crippen LogP contribution in [0.25, 0.3) is 0 Å². The molecule has 0 saturated heterocycles. The number of unbranched alkanes of at least 4 members (excludes halogenated alkanes) is 7. The quantitative estimate of drug-likeness (QED) is 0.372. The van der Waals surface area contributed by atoms with Crippen molar-refractivity contribution in [2.45, 2.75) is 69.6 Å². The largest absolute Gasteiger partial charge is 1.00 e. The van der Waals surface area contributed by atoms with Crippen LogP contribution in [-0.2, 0) is 16.5 Å². The molecule has 5 heteroatoms. The summed E-state index contributed by atoms with van der Waals surface area (Å²) < 4.78 is 33.4. The standard InChI is InChI=1S/C16H26O3S.Li/c1-2-3-4-5-6-7-8-9-12-15-13-10-11-14-16(15)20(17,18)19;/h10-11,13-14H,2-9,12H2,1H3,(H,17,18,19);/q;+1/p-1. The van der Waals surface area contributed by atoms with Crippen LogP contribution in [0.1, 0.15) is 63.9 Å². The van der Waals surface area contributed by atoms with Gasteiger partial charge in [-0.25, -0.2) is 8.42 Å². The van der Waals surface area contributed by atoms with Crippen molar-refractivity contribution in [1.82, 2.24) is 0 Å². The molecule has 1 aromatic carbocycles. The number of aryl methyl sites for hydroxylation is 1. The first-order valence-electron chi connectivity index (χ1n) is 7.59. The maximum Gasteiger partial charge on any atom is 1.00 e. The Hall–Kier alpha value is -0.273. The Balaban J connectivity index is 0.00000400. The predicted molar refractivity (Wildman–Crippen MR) is 80.7 cm³/mol. The van der Waals surface area contributed by atoms with Gasteiger partial charge in [0.1, 0.15) is 10.1 Å². The molecule has 0 bridgehead atoms. The van der Waals surface area contributed by atoms with E-state index in [1.165, 1.54) is 44.6 Å². The Morgan fingerprint density at radius 2 is 1.43 bits per heavy atom. The first-order chi connectivity index (χ1) is 9.55. The minimum atomic E-state index is -4.34. The third-order valence-corrected chi connectivity index (χ3v) is 4.48. The van der Waals surface area contributed by atoms with Gasteiger partial charge in [0.25, 0.3) is 0 Å². The first kappa shape index (κ1) is 20.7. The van der Waals surface area contributed by atoms with E-state index >= 15 is 0 Å². The molecular formula is C16H25LiO3S. The minimum Gasteiger partial charge on any atom is -0.744 e. The van der Waals surface area contributed by atoms with E-state index in [0.717, 1.165) is 12.8 Å². The van der Waals surface area contributed by atoms with E-state index in [1.807, 2.05) is 0 Å². The summed E-state index contributed by atoms with van der Waals surface area (Å²) in [5, 5.41) is 0. The average Bonchev–Trinajstić information content (AvgIpc) is 2.41. The van der Waals surface area contributed by atoms with Gasteiger partial charge in [0.15, 0.2) is 0 Å². The second kappa shape index (κ2) is 11.3. The molecule has 0 amide bonds. The Labute approximate surface area is 141 Å². The van der Waals surface area contributed by atoms with Gasteiger partial charge in [-0.15, -0.1) is 0 Å². The van der Waals surface area contributed by atoms with E-state index < -0.39 is 10.1 Å². The van der Waals surface area contributed by atoms with Crippen LogP contribution in [0.15, 0.2) is 29.2 Å². The third kappa shape index (κ3) is 8.68. The van der Waals surface area contributed by atoms with Gasteiger partial charge in [-0.05, 0) is 24.5 Å². The molecule has 21 heavy (non-hydrogen) atoms. The van der Waals surface area contributed by atoms with Crippen LogP contribution in [0.4, 0.5) is 0 Å². The number of hydrogen-bond acceptors (Lipinski definition) is 3. The molecule has 0 spiro atoms. The maximum atomic E-state index is 11.1. The molecule has 1 aromatic rings. The fourth-order valence-electron chi connectivity index (χ4n) is 2.40. The van der Waals surface area contributed by atoms with Gasteiger partial charge in [0, 0.05) is 0 Å². The van der Waals surface area contributed by atoms with Gasteiger partial charge in [-0.1, -0.05) is 70.1 Å². The zero-order valence-corrected chi connectivity index (χ0v) is 14.1. The Bertz CT molecular complexity index is 486. The van der Waals surface area contributed by atoms with E-state index in [9.17, 15) is 13.0 Å². The Morgan fingerprint density at radius 1 is 0.905 bits per heavy atom. The van der Waals surface area contributed by atoms with Crippen LogP contribution in [0, 0.1) is 0 Å². The van der Waals surface area contributed by atoms with Crippen molar-refractivity contribution in [2.24, 2.45) is 0 Å². The fraction of sp³-hybridized carbons (Fsp3) is 0.625. The van der Waals surface area contributed by atoms with E-state index in [4.69, 9.17) is 0 Å². The van der Waals surface area contributed by atoms with Crippen molar-refractivity contribution in [1.29, 1.82) is 0 Å². The predicted octanol–water partition coefficient (Wildman–Crippen LogP) is 1.28. The van der Waals surface area contributed by atoms with E-state index in [1.54, 1.807) is 18.2 Å². The summed E-state index contributed by atoms with van der Waals surface area (Å²) in [6, 6.07) is 6.53. The molecule has 0 aliphatic heterocycles. The molecule has 0 unspecified atom stereocenters. The second-order valence-electron chi connectivity index (χ2n) is 5.29. The molecule has 0 radical (unpaired) electrons. The van der Waals surface area contributed by atoms with E-state index in [2.05, 4.69) is 6.92 Å². The van der Waals surface area contributed by atoms with E-state index in [0.29, 0.717) is 12.0 Å². The summed E-state index contributed by atoms with van der Waals surface area (Å²) in [6.45, 7) is 2.21. The zero-order valence-electron chi connectivity index (χ0n) is 13.3. The normalized spacial score (nSPS) is 11.1. The van der Waals surface area contributed by atoms with Gasteiger partial charge in [-0.3, -0.25) is 0 Å². The van der Waals surface area contributed by atoms with Crippen molar-refractivity contribution in [3.63, 3.8) is 0 Å². The smallest absolute Gasteiger partial charge is 0.744 e. The van der Waals surface area contributed by atoms with Crippen molar-refractivity contribution in [3.05, 3.63) is 29.8 Å². The van der Waals surface area contributed by atoms with Crippen LogP contribution in [0.2, 0.25) is 0 Å². The third-order valence-electron chi connectivity index (χ3n) is 3.54. The molecule has 0 atom stereocenters. The number of benzene rings is 1. The van der Waals surface area contributed by atoms with Crippen LogP contribution < -0.4 is 18.9 Å². The average molecular weight is 304 g/mol. The van der Waals surface area contributed by atoms with E-state index in [-0.39, 0.29) is 23.8 Å². The Kier molecular flexibility index (Phi) is 11.2. The number of hydrogen-bond donors (Lipinski definition) is 0. The molecule has 0 N–H and O–H groups in total. The molecule has 114 valence electrons. The van der Waals surface area contributed by atoms with Crippen LogP contribution >= 0.6 is 0 Å². The molecule has 3 nitrogen and oxygen atoms in total. The SMILES string of the molecule is CCCCCCCCCCc1ccccc1S(=O)(=O)[O-].[Li+]. The monoisotopic (exact) mass is 304 g/mol. The molecule has 0 fully saturated rings. The van der Waals surface area contributed by atoms with Crippen molar-refractivity contribution >= 4 is 10.1 Å². The zero-order chi connectivity index (χ0) is 14.8. The summed E-state index contributed by atoms with van der Waals surface area (Å²) in [6.07, 6.45) is 10.3.